The molecule has 2 heteroatoms. The zero-order valence-electron chi connectivity index (χ0n) is 15.3. The van der Waals surface area contributed by atoms with Crippen molar-refractivity contribution in [2.75, 3.05) is 6.61 Å². The van der Waals surface area contributed by atoms with Gasteiger partial charge in [-0.1, -0.05) is 38.0 Å². The van der Waals surface area contributed by atoms with Crippen LogP contribution in [-0.4, -0.2) is 17.5 Å². The van der Waals surface area contributed by atoms with Gasteiger partial charge in [0, 0.05) is 18.4 Å². The Balaban J connectivity index is 1.76. The van der Waals surface area contributed by atoms with E-state index in [1.807, 2.05) is 6.08 Å². The highest BCUT2D eigenvalue weighted by molar-refractivity contribution is 5.92. The second kappa shape index (κ2) is 5.42. The van der Waals surface area contributed by atoms with Gasteiger partial charge < -0.3 is 5.11 Å². The van der Waals surface area contributed by atoms with Crippen LogP contribution in [0.3, 0.4) is 0 Å². The van der Waals surface area contributed by atoms with E-state index in [4.69, 9.17) is 0 Å². The number of ketones is 1. The van der Waals surface area contributed by atoms with Crippen molar-refractivity contribution in [3.05, 3.63) is 34.4 Å². The zero-order valence-corrected chi connectivity index (χ0v) is 15.3. The fourth-order valence-corrected chi connectivity index (χ4v) is 6.22. The summed E-state index contributed by atoms with van der Waals surface area (Å²) in [5.41, 5.74) is 6.60. The van der Waals surface area contributed by atoms with Crippen LogP contribution in [0.4, 0.5) is 0 Å². The van der Waals surface area contributed by atoms with Gasteiger partial charge >= 0.3 is 0 Å². The minimum atomic E-state index is 0.129. The van der Waals surface area contributed by atoms with Crippen LogP contribution in [0.1, 0.15) is 65.7 Å². The molecule has 4 aliphatic rings. The molecule has 2 nitrogen and oxygen atoms in total. The van der Waals surface area contributed by atoms with Crippen molar-refractivity contribution in [2.24, 2.45) is 22.7 Å². The number of aliphatic hydroxyl groups is 1. The van der Waals surface area contributed by atoms with Gasteiger partial charge in [-0.3, -0.25) is 4.79 Å². The van der Waals surface area contributed by atoms with Crippen LogP contribution in [0.2, 0.25) is 0 Å². The van der Waals surface area contributed by atoms with Crippen molar-refractivity contribution < 1.29 is 9.90 Å². The molecule has 4 atom stereocenters. The zero-order chi connectivity index (χ0) is 17.1. The molecule has 0 radical (unpaired) electrons. The third kappa shape index (κ3) is 2.08. The predicted molar refractivity (Wildman–Crippen MR) is 96.5 cm³/mol. The molecule has 0 saturated heterocycles. The van der Waals surface area contributed by atoms with Crippen molar-refractivity contribution in [3.63, 3.8) is 0 Å². The Bertz CT molecular complexity index is 680. The Morgan fingerprint density at radius 3 is 2.75 bits per heavy atom. The molecule has 4 rings (SSSR count). The van der Waals surface area contributed by atoms with Gasteiger partial charge in [0.25, 0.3) is 0 Å². The fraction of sp³-hybridized carbons (Fsp3) is 0.682. The largest absolute Gasteiger partial charge is 0.396 e. The van der Waals surface area contributed by atoms with Crippen molar-refractivity contribution in [2.45, 2.75) is 65.7 Å². The van der Waals surface area contributed by atoms with E-state index in [0.29, 0.717) is 30.6 Å². The Kier molecular flexibility index (Phi) is 3.69. The summed E-state index contributed by atoms with van der Waals surface area (Å²) in [6.07, 6.45) is 11.8. The molecule has 0 aromatic carbocycles. The maximum Gasteiger partial charge on any atom is 0.155 e. The van der Waals surface area contributed by atoms with Crippen LogP contribution < -0.4 is 0 Å². The minimum absolute atomic E-state index is 0.129. The highest BCUT2D eigenvalue weighted by Crippen LogP contribution is 2.62. The number of allylic oxidation sites excluding steroid dienone is 6. The summed E-state index contributed by atoms with van der Waals surface area (Å²) in [5, 5.41) is 9.68. The molecule has 2 unspecified atom stereocenters. The third-order valence-corrected chi connectivity index (χ3v) is 7.79. The molecule has 1 N–H and O–H groups in total. The number of hydrogen-bond donors (Lipinski definition) is 1. The van der Waals surface area contributed by atoms with Crippen molar-refractivity contribution in [3.8, 4) is 0 Å². The lowest BCUT2D eigenvalue weighted by Crippen LogP contribution is -2.39. The summed E-state index contributed by atoms with van der Waals surface area (Å²) >= 11 is 0. The van der Waals surface area contributed by atoms with Gasteiger partial charge in [-0.2, -0.15) is 0 Å². The molecule has 130 valence electrons. The molecular formula is C22H30O2. The van der Waals surface area contributed by atoms with E-state index in [2.05, 4.69) is 26.8 Å². The minimum Gasteiger partial charge on any atom is -0.396 e. The monoisotopic (exact) mass is 326 g/mol. The van der Waals surface area contributed by atoms with Gasteiger partial charge in [0.1, 0.15) is 0 Å². The molecule has 0 aromatic rings. The number of aliphatic hydroxyl groups excluding tert-OH is 1. The first-order valence-electron chi connectivity index (χ1n) is 9.68. The van der Waals surface area contributed by atoms with E-state index in [9.17, 15) is 9.90 Å². The Hall–Kier alpha value is -1.15. The fourth-order valence-electron chi connectivity index (χ4n) is 6.22. The average molecular weight is 326 g/mol. The molecule has 0 aromatic heterocycles. The maximum atomic E-state index is 11.9. The first-order chi connectivity index (χ1) is 11.4. The number of rotatable bonds is 2. The van der Waals surface area contributed by atoms with Gasteiger partial charge in [-0.25, -0.2) is 0 Å². The molecule has 0 aliphatic heterocycles. The van der Waals surface area contributed by atoms with Gasteiger partial charge in [0.05, 0.1) is 0 Å². The molecule has 0 saturated carbocycles. The van der Waals surface area contributed by atoms with Crippen LogP contribution in [0.5, 0.6) is 0 Å². The average Bonchev–Trinajstić information content (AvgIpc) is 2.92. The topological polar surface area (TPSA) is 37.3 Å². The van der Waals surface area contributed by atoms with E-state index in [1.54, 1.807) is 16.7 Å². The second-order valence-corrected chi connectivity index (χ2v) is 8.96. The molecule has 4 aliphatic carbocycles. The third-order valence-electron chi connectivity index (χ3n) is 7.79. The van der Waals surface area contributed by atoms with E-state index in [1.165, 1.54) is 18.4 Å². The highest BCUT2D eigenvalue weighted by atomic mass is 16.3. The molecule has 0 bridgehead atoms. The van der Waals surface area contributed by atoms with Crippen LogP contribution in [0.15, 0.2) is 34.4 Å². The Morgan fingerprint density at radius 1 is 1.21 bits per heavy atom. The number of carbonyl (C=O) groups is 1. The lowest BCUT2D eigenvalue weighted by molar-refractivity contribution is -0.115. The normalized spacial score (nSPS) is 39.7. The van der Waals surface area contributed by atoms with Gasteiger partial charge in [-0.05, 0) is 73.0 Å². The van der Waals surface area contributed by atoms with E-state index >= 15 is 0 Å². The van der Waals surface area contributed by atoms with Crippen LogP contribution >= 0.6 is 0 Å². The lowest BCUT2D eigenvalue weighted by Gasteiger charge is -2.50. The number of hydrogen-bond acceptors (Lipinski definition) is 2. The summed E-state index contributed by atoms with van der Waals surface area (Å²) in [6, 6.07) is 0. The molecule has 0 heterocycles. The van der Waals surface area contributed by atoms with Crippen LogP contribution in [0, 0.1) is 22.7 Å². The molecule has 0 spiro atoms. The van der Waals surface area contributed by atoms with Crippen LogP contribution in [-0.2, 0) is 4.79 Å². The summed E-state index contributed by atoms with van der Waals surface area (Å²) in [5.74, 6) is 1.26. The number of carbonyl (C=O) groups excluding carboxylic acids is 1. The Labute approximate surface area is 145 Å². The molecule has 0 fully saturated rings. The second-order valence-electron chi connectivity index (χ2n) is 8.96. The van der Waals surface area contributed by atoms with E-state index in [0.717, 1.165) is 25.7 Å². The highest BCUT2D eigenvalue weighted by Gasteiger charge is 2.51. The van der Waals surface area contributed by atoms with Crippen molar-refractivity contribution in [1.82, 2.24) is 0 Å². The van der Waals surface area contributed by atoms with Crippen molar-refractivity contribution in [1.29, 1.82) is 0 Å². The quantitative estimate of drug-likeness (QED) is 0.795. The SMILES string of the molecule is CC(CO)C1CC=C2C3=C(CC[C@@]21C)[C@@]1(C)CCC(=O)C=C1CC3. The first kappa shape index (κ1) is 16.3. The lowest BCUT2D eigenvalue weighted by atomic mass is 9.54. The molecule has 0 amide bonds. The first-order valence-corrected chi connectivity index (χ1v) is 9.68. The molecule has 24 heavy (non-hydrogen) atoms. The van der Waals surface area contributed by atoms with Gasteiger partial charge in [0.2, 0.25) is 0 Å². The van der Waals surface area contributed by atoms with E-state index < -0.39 is 0 Å². The summed E-state index contributed by atoms with van der Waals surface area (Å²) in [7, 11) is 0. The predicted octanol–water partition coefficient (Wildman–Crippen LogP) is 4.75. The standard InChI is InChI=1S/C22H30O2/c1-14(13-23)18-6-7-19-17-5-4-15-12-16(24)8-10-21(15,2)20(17)9-11-22(18,19)3/h7,12,14,18,23H,4-6,8-11,13H2,1-3H3/t14?,18?,21-,22+/m0/s1. The van der Waals surface area contributed by atoms with E-state index in [-0.39, 0.29) is 10.8 Å². The summed E-state index contributed by atoms with van der Waals surface area (Å²) in [4.78, 5) is 11.9. The summed E-state index contributed by atoms with van der Waals surface area (Å²) < 4.78 is 0. The molecular weight excluding hydrogens is 296 g/mol. The maximum absolute atomic E-state index is 11.9. The smallest absolute Gasteiger partial charge is 0.155 e. The number of fused-ring (bicyclic) bond motifs is 4. The van der Waals surface area contributed by atoms with Gasteiger partial charge in [0.15, 0.2) is 5.78 Å². The Morgan fingerprint density at radius 2 is 2.00 bits per heavy atom. The van der Waals surface area contributed by atoms with Crippen molar-refractivity contribution >= 4 is 5.78 Å². The summed E-state index contributed by atoms with van der Waals surface area (Å²) in [6.45, 7) is 7.31. The van der Waals surface area contributed by atoms with Crippen LogP contribution in [0.25, 0.3) is 0 Å². The van der Waals surface area contributed by atoms with Gasteiger partial charge in [-0.15, -0.1) is 0 Å².